The molecule has 0 fully saturated rings. The molecule has 1 heterocycles. The number of hydrogen-bond acceptors (Lipinski definition) is 6. The zero-order chi connectivity index (χ0) is 14.8. The van der Waals surface area contributed by atoms with Crippen LogP contribution in [0.3, 0.4) is 0 Å². The van der Waals surface area contributed by atoms with Crippen LogP contribution in [-0.2, 0) is 14.3 Å². The largest absolute Gasteiger partial charge is 0.493 e. The molecule has 6 nitrogen and oxygen atoms in total. The van der Waals surface area contributed by atoms with Crippen LogP contribution in [0.25, 0.3) is 0 Å². The number of amides is 1. The van der Waals surface area contributed by atoms with Gasteiger partial charge in [0.2, 0.25) is 0 Å². The van der Waals surface area contributed by atoms with E-state index in [0.717, 1.165) is 0 Å². The van der Waals surface area contributed by atoms with Crippen LogP contribution in [0.1, 0.15) is 27.7 Å². The van der Waals surface area contributed by atoms with Gasteiger partial charge in [-0.2, -0.15) is 0 Å². The van der Waals surface area contributed by atoms with E-state index in [9.17, 15) is 9.59 Å². The lowest BCUT2D eigenvalue weighted by Crippen LogP contribution is -2.50. The van der Waals surface area contributed by atoms with Crippen molar-refractivity contribution in [1.82, 2.24) is 10.4 Å². The number of hydrogen-bond donors (Lipinski definition) is 1. The lowest BCUT2D eigenvalue weighted by atomic mass is 10.1. The first-order chi connectivity index (χ1) is 8.65. The number of ketones is 1. The van der Waals surface area contributed by atoms with E-state index < -0.39 is 11.7 Å². The van der Waals surface area contributed by atoms with Gasteiger partial charge in [0, 0.05) is 0 Å². The Bertz CT molecular complexity index is 451. The van der Waals surface area contributed by atoms with E-state index in [1.165, 1.54) is 12.1 Å². The third-order valence-electron chi connectivity index (χ3n) is 2.32. The Balaban J connectivity index is 2.84. The van der Waals surface area contributed by atoms with Gasteiger partial charge in [0.1, 0.15) is 17.0 Å². The summed E-state index contributed by atoms with van der Waals surface area (Å²) in [7, 11) is 1.43. The van der Waals surface area contributed by atoms with Crippen LogP contribution in [0.4, 0.5) is 4.79 Å². The summed E-state index contributed by atoms with van der Waals surface area (Å²) in [6, 6.07) is 0. The number of hydrazine groups is 1. The maximum Gasteiger partial charge on any atom is 0.426 e. The number of Topliss-reactive ketones (excluding diaryl/α,β-unsaturated/α-hetero) is 1. The van der Waals surface area contributed by atoms with E-state index in [1.807, 2.05) is 0 Å². The first-order valence-electron chi connectivity index (χ1n) is 5.75. The number of allylic oxidation sites excluding steroid dienone is 2. The van der Waals surface area contributed by atoms with Crippen molar-refractivity contribution < 1.29 is 19.1 Å². The van der Waals surface area contributed by atoms with E-state index in [2.05, 4.69) is 5.43 Å². The molecule has 0 spiro atoms. The maximum atomic E-state index is 11.7. The van der Waals surface area contributed by atoms with Gasteiger partial charge in [-0.15, -0.1) is 0 Å². The molecule has 0 saturated carbocycles. The van der Waals surface area contributed by atoms with Crippen LogP contribution >= 0.6 is 12.2 Å². The minimum Gasteiger partial charge on any atom is -0.493 e. The number of carbonyl (C=O) groups is 2. The summed E-state index contributed by atoms with van der Waals surface area (Å²) in [5, 5.41) is 1.37. The number of thiocarbonyl (C=S) groups is 1. The van der Waals surface area contributed by atoms with Gasteiger partial charge >= 0.3 is 6.09 Å². The van der Waals surface area contributed by atoms with Gasteiger partial charge in [0.05, 0.1) is 12.8 Å². The summed E-state index contributed by atoms with van der Waals surface area (Å²) in [6.45, 7) is 6.94. The molecule has 1 aliphatic heterocycles. The molecule has 0 aromatic carbocycles. The van der Waals surface area contributed by atoms with Crippen LogP contribution < -0.4 is 5.43 Å². The number of methoxy groups -OCH3 is 1. The maximum absolute atomic E-state index is 11.7. The summed E-state index contributed by atoms with van der Waals surface area (Å²) in [5.74, 6) is 0.0100. The summed E-state index contributed by atoms with van der Waals surface area (Å²) in [6.07, 6.45) is -0.636. The predicted octanol–water partition coefficient (Wildman–Crippen LogP) is 1.56. The predicted molar refractivity (Wildman–Crippen MR) is 73.4 cm³/mol. The highest BCUT2D eigenvalue weighted by Crippen LogP contribution is 2.18. The van der Waals surface area contributed by atoms with Crippen molar-refractivity contribution in [3.63, 3.8) is 0 Å². The summed E-state index contributed by atoms with van der Waals surface area (Å²) < 4.78 is 10.2. The lowest BCUT2D eigenvalue weighted by molar-refractivity contribution is -0.114. The molecule has 1 amide bonds. The monoisotopic (exact) mass is 286 g/mol. The lowest BCUT2D eigenvalue weighted by Gasteiger charge is -2.31. The minimum absolute atomic E-state index is 0.0310. The van der Waals surface area contributed by atoms with Crippen molar-refractivity contribution >= 4 is 29.0 Å². The Morgan fingerprint density at radius 2 is 2.00 bits per heavy atom. The van der Waals surface area contributed by atoms with Gasteiger partial charge in [-0.05, 0) is 27.7 Å². The molecule has 0 radical (unpaired) electrons. The van der Waals surface area contributed by atoms with Crippen molar-refractivity contribution in [3.8, 4) is 0 Å². The molecular weight excluding hydrogens is 268 g/mol. The first kappa shape index (κ1) is 15.4. The third kappa shape index (κ3) is 3.92. The Labute approximate surface area is 117 Å². The number of ether oxygens (including phenoxy) is 2. The van der Waals surface area contributed by atoms with Crippen molar-refractivity contribution in [2.45, 2.75) is 33.3 Å². The molecular formula is C12H18N2O4S. The molecule has 1 aliphatic rings. The fourth-order valence-corrected chi connectivity index (χ4v) is 1.82. The Morgan fingerprint density at radius 1 is 1.42 bits per heavy atom. The topological polar surface area (TPSA) is 67.9 Å². The molecule has 7 heteroatoms. The molecule has 19 heavy (non-hydrogen) atoms. The number of nitrogens with zero attached hydrogens (tertiary/aromatic N) is 1. The van der Waals surface area contributed by atoms with E-state index in [-0.39, 0.29) is 17.2 Å². The minimum atomic E-state index is -0.636. The van der Waals surface area contributed by atoms with Crippen LogP contribution in [0.15, 0.2) is 11.5 Å². The average Bonchev–Trinajstić information content (AvgIpc) is 2.24. The van der Waals surface area contributed by atoms with Gasteiger partial charge in [-0.3, -0.25) is 9.80 Å². The SMILES string of the molecule is COC1=C(C)N(NC(=O)OC(C)(C)C)CC(=O)C1=S. The number of nitrogens with one attached hydrogen (secondary N) is 1. The highest BCUT2D eigenvalue weighted by atomic mass is 32.1. The van der Waals surface area contributed by atoms with Crippen molar-refractivity contribution in [2.75, 3.05) is 13.7 Å². The van der Waals surface area contributed by atoms with Crippen LogP contribution in [0.2, 0.25) is 0 Å². The van der Waals surface area contributed by atoms with Gasteiger partial charge < -0.3 is 9.47 Å². The van der Waals surface area contributed by atoms with Crippen LogP contribution in [-0.4, -0.2) is 41.0 Å². The van der Waals surface area contributed by atoms with Crippen molar-refractivity contribution in [2.24, 2.45) is 0 Å². The fourth-order valence-electron chi connectivity index (χ4n) is 1.52. The van der Waals surface area contributed by atoms with E-state index in [0.29, 0.717) is 11.5 Å². The molecule has 0 aliphatic carbocycles. The second-order valence-corrected chi connectivity index (χ2v) is 5.48. The normalized spacial score (nSPS) is 16.6. The Hall–Kier alpha value is -1.63. The van der Waals surface area contributed by atoms with Gasteiger partial charge in [0.25, 0.3) is 0 Å². The van der Waals surface area contributed by atoms with Gasteiger partial charge in [0.15, 0.2) is 11.5 Å². The molecule has 1 N–H and O–H groups in total. The van der Waals surface area contributed by atoms with Gasteiger partial charge in [-0.25, -0.2) is 10.2 Å². The van der Waals surface area contributed by atoms with Crippen molar-refractivity contribution in [1.29, 1.82) is 0 Å². The molecule has 0 bridgehead atoms. The van der Waals surface area contributed by atoms with Gasteiger partial charge in [-0.1, -0.05) is 12.2 Å². The standard InChI is InChI=1S/C12H18N2O4S/c1-7-9(17-5)10(19)8(15)6-14(7)13-11(16)18-12(2,3)4/h6H2,1-5H3,(H,13,16). The van der Waals surface area contributed by atoms with E-state index in [1.54, 1.807) is 27.7 Å². The summed E-state index contributed by atoms with van der Waals surface area (Å²) in [4.78, 5) is 23.5. The smallest absolute Gasteiger partial charge is 0.426 e. The summed E-state index contributed by atoms with van der Waals surface area (Å²) >= 11 is 4.98. The first-order valence-corrected chi connectivity index (χ1v) is 6.16. The third-order valence-corrected chi connectivity index (χ3v) is 2.74. The van der Waals surface area contributed by atoms with Crippen molar-refractivity contribution in [3.05, 3.63) is 11.5 Å². The second-order valence-electron chi connectivity index (χ2n) is 5.07. The quantitative estimate of drug-likeness (QED) is 0.777. The molecule has 0 unspecified atom stereocenters. The Kier molecular flexibility index (Phi) is 4.52. The number of carbonyl (C=O) groups excluding carboxylic acids is 2. The van der Waals surface area contributed by atoms with Crippen LogP contribution in [0, 0.1) is 0 Å². The summed E-state index contributed by atoms with van der Waals surface area (Å²) in [5.41, 5.74) is 2.45. The fraction of sp³-hybridized carbons (Fsp3) is 0.583. The average molecular weight is 286 g/mol. The molecule has 0 atom stereocenters. The van der Waals surface area contributed by atoms with E-state index >= 15 is 0 Å². The second kappa shape index (κ2) is 5.56. The Morgan fingerprint density at radius 3 is 2.47 bits per heavy atom. The zero-order valence-corrected chi connectivity index (χ0v) is 12.5. The number of rotatable bonds is 2. The molecule has 0 aromatic heterocycles. The molecule has 106 valence electrons. The van der Waals surface area contributed by atoms with E-state index in [4.69, 9.17) is 21.7 Å². The molecule has 0 aromatic rings. The molecule has 1 rings (SSSR count). The highest BCUT2D eigenvalue weighted by Gasteiger charge is 2.30. The zero-order valence-electron chi connectivity index (χ0n) is 11.7. The van der Waals surface area contributed by atoms with Crippen LogP contribution in [0.5, 0.6) is 0 Å². The molecule has 0 saturated heterocycles. The highest BCUT2D eigenvalue weighted by molar-refractivity contribution is 7.82.